The number of benzene rings is 1. The summed E-state index contributed by atoms with van der Waals surface area (Å²) in [7, 11) is -2.39. The molecule has 0 fully saturated rings. The van der Waals surface area contributed by atoms with E-state index in [1.807, 2.05) is 13.8 Å². The monoisotopic (exact) mass is 324 g/mol. The van der Waals surface area contributed by atoms with Crippen molar-refractivity contribution in [2.24, 2.45) is 11.1 Å². The van der Waals surface area contributed by atoms with Gasteiger partial charge >= 0.3 is 0 Å². The molecule has 4 nitrogen and oxygen atoms in total. The molecule has 2 N–H and O–H groups in total. The Kier molecular flexibility index (Phi) is 6.61. The van der Waals surface area contributed by atoms with Crippen LogP contribution >= 0.6 is 12.4 Å². The summed E-state index contributed by atoms with van der Waals surface area (Å²) in [6.45, 7) is 5.86. The zero-order chi connectivity index (χ0) is 14.8. The summed E-state index contributed by atoms with van der Waals surface area (Å²) >= 11 is 0. The van der Waals surface area contributed by atoms with Crippen LogP contribution in [-0.2, 0) is 10.0 Å². The molecule has 1 rings (SSSR count). The Bertz CT molecular complexity index is 561. The second kappa shape index (κ2) is 6.85. The first-order valence-electron chi connectivity index (χ1n) is 6.03. The van der Waals surface area contributed by atoms with Crippen LogP contribution in [0.15, 0.2) is 23.1 Å². The summed E-state index contributed by atoms with van der Waals surface area (Å²) in [5.74, 6) is -0.695. The normalized spacial score (nSPS) is 12.3. The van der Waals surface area contributed by atoms with Gasteiger partial charge in [0.1, 0.15) is 10.7 Å². The van der Waals surface area contributed by atoms with Crippen molar-refractivity contribution in [3.05, 3.63) is 29.6 Å². The molecule has 0 aromatic heterocycles. The molecule has 0 radical (unpaired) electrons. The van der Waals surface area contributed by atoms with Crippen LogP contribution in [0.3, 0.4) is 0 Å². The minimum Gasteiger partial charge on any atom is -0.330 e. The number of halogens is 2. The van der Waals surface area contributed by atoms with E-state index in [2.05, 4.69) is 0 Å². The van der Waals surface area contributed by atoms with Crippen LogP contribution in [0.2, 0.25) is 0 Å². The summed E-state index contributed by atoms with van der Waals surface area (Å²) in [6.07, 6.45) is 0. The van der Waals surface area contributed by atoms with Crippen LogP contribution in [0.25, 0.3) is 0 Å². The van der Waals surface area contributed by atoms with E-state index in [-0.39, 0.29) is 29.3 Å². The van der Waals surface area contributed by atoms with Gasteiger partial charge in [-0.2, -0.15) is 0 Å². The Labute approximate surface area is 126 Å². The molecular formula is C13H22ClFN2O2S. The number of hydrogen-bond acceptors (Lipinski definition) is 3. The summed E-state index contributed by atoms with van der Waals surface area (Å²) in [4.78, 5) is -0.289. The van der Waals surface area contributed by atoms with E-state index in [0.29, 0.717) is 12.1 Å². The highest BCUT2D eigenvalue weighted by molar-refractivity contribution is 7.89. The molecule has 0 aliphatic rings. The van der Waals surface area contributed by atoms with E-state index >= 15 is 0 Å². The molecule has 0 aliphatic heterocycles. The van der Waals surface area contributed by atoms with Gasteiger partial charge in [-0.25, -0.2) is 17.1 Å². The zero-order valence-electron chi connectivity index (χ0n) is 12.2. The van der Waals surface area contributed by atoms with Crippen molar-refractivity contribution in [2.45, 2.75) is 25.7 Å². The molecule has 20 heavy (non-hydrogen) atoms. The molecule has 1 aromatic rings. The van der Waals surface area contributed by atoms with E-state index in [0.717, 1.165) is 4.31 Å². The van der Waals surface area contributed by atoms with Gasteiger partial charge in [0, 0.05) is 13.6 Å². The van der Waals surface area contributed by atoms with Gasteiger partial charge in [-0.15, -0.1) is 12.4 Å². The summed E-state index contributed by atoms with van der Waals surface area (Å²) in [6, 6.07) is 4.36. The Balaban J connectivity index is 0.00000361. The number of nitrogens with two attached hydrogens (primary N) is 1. The van der Waals surface area contributed by atoms with Gasteiger partial charge in [0.05, 0.1) is 0 Å². The first-order valence-corrected chi connectivity index (χ1v) is 7.47. The molecule has 0 heterocycles. The fourth-order valence-corrected chi connectivity index (χ4v) is 3.23. The molecule has 0 saturated carbocycles. The first-order chi connectivity index (χ1) is 8.62. The second-order valence-electron chi connectivity index (χ2n) is 5.52. The molecule has 7 heteroatoms. The van der Waals surface area contributed by atoms with Crippen LogP contribution in [0.4, 0.5) is 4.39 Å². The molecule has 116 valence electrons. The zero-order valence-corrected chi connectivity index (χ0v) is 13.8. The van der Waals surface area contributed by atoms with Crippen LogP contribution in [0.1, 0.15) is 19.4 Å². The lowest BCUT2D eigenvalue weighted by Crippen LogP contribution is -2.40. The number of rotatable bonds is 5. The summed E-state index contributed by atoms with van der Waals surface area (Å²) in [5, 5.41) is 0. The minimum absolute atomic E-state index is 0. The summed E-state index contributed by atoms with van der Waals surface area (Å²) in [5.41, 5.74) is 5.55. The Hall–Kier alpha value is -0.690. The van der Waals surface area contributed by atoms with E-state index in [1.165, 1.54) is 32.2 Å². The molecule has 0 amide bonds. The highest BCUT2D eigenvalue weighted by Crippen LogP contribution is 2.23. The van der Waals surface area contributed by atoms with Crippen molar-refractivity contribution in [1.82, 2.24) is 4.31 Å². The number of aryl methyl sites for hydroxylation is 1. The fourth-order valence-electron chi connectivity index (χ4n) is 1.74. The third kappa shape index (κ3) is 4.15. The maximum absolute atomic E-state index is 13.9. The van der Waals surface area contributed by atoms with Crippen LogP contribution in [0, 0.1) is 18.2 Å². The Morgan fingerprint density at radius 3 is 2.40 bits per heavy atom. The third-order valence-corrected chi connectivity index (χ3v) is 4.87. The number of sulfonamides is 1. The van der Waals surface area contributed by atoms with E-state index < -0.39 is 15.8 Å². The van der Waals surface area contributed by atoms with Crippen LogP contribution < -0.4 is 5.73 Å². The molecule has 0 saturated heterocycles. The highest BCUT2D eigenvalue weighted by atomic mass is 35.5. The maximum Gasteiger partial charge on any atom is 0.245 e. The van der Waals surface area contributed by atoms with Crippen molar-refractivity contribution in [3.63, 3.8) is 0 Å². The minimum atomic E-state index is -3.83. The molecule has 0 bridgehead atoms. The first kappa shape index (κ1) is 19.3. The predicted octanol–water partition coefficient (Wildman–Crippen LogP) is 2.16. The van der Waals surface area contributed by atoms with Gasteiger partial charge in [-0.3, -0.25) is 0 Å². The highest BCUT2D eigenvalue weighted by Gasteiger charge is 2.29. The van der Waals surface area contributed by atoms with Crippen molar-refractivity contribution in [1.29, 1.82) is 0 Å². The molecule has 0 aliphatic carbocycles. The lowest BCUT2D eigenvalue weighted by molar-refractivity contribution is 0.291. The smallest absolute Gasteiger partial charge is 0.245 e. The molecule has 0 atom stereocenters. The van der Waals surface area contributed by atoms with E-state index in [9.17, 15) is 12.8 Å². The summed E-state index contributed by atoms with van der Waals surface area (Å²) < 4.78 is 39.8. The standard InChI is InChI=1S/C13H21FN2O2S.ClH/c1-10-6-5-7-11(12(10)14)19(17,18)16(4)9-13(2,3)8-15;/h5-7H,8-9,15H2,1-4H3;1H. The molecule has 1 aromatic carbocycles. The lowest BCUT2D eigenvalue weighted by Gasteiger charge is -2.28. The average Bonchev–Trinajstić information content (AvgIpc) is 2.31. The molecule has 0 spiro atoms. The van der Waals surface area contributed by atoms with E-state index in [4.69, 9.17) is 5.73 Å². The van der Waals surface area contributed by atoms with Gasteiger partial charge in [-0.05, 0) is 30.5 Å². The van der Waals surface area contributed by atoms with Gasteiger partial charge < -0.3 is 5.73 Å². The lowest BCUT2D eigenvalue weighted by atomic mass is 9.94. The van der Waals surface area contributed by atoms with Crippen molar-refractivity contribution < 1.29 is 12.8 Å². The predicted molar refractivity (Wildman–Crippen MR) is 81.0 cm³/mol. The van der Waals surface area contributed by atoms with Crippen LogP contribution in [0.5, 0.6) is 0 Å². The van der Waals surface area contributed by atoms with Gasteiger partial charge in [0.15, 0.2) is 0 Å². The number of hydrogen-bond donors (Lipinski definition) is 1. The third-order valence-electron chi connectivity index (χ3n) is 3.05. The largest absolute Gasteiger partial charge is 0.330 e. The molecular weight excluding hydrogens is 303 g/mol. The Morgan fingerprint density at radius 2 is 1.90 bits per heavy atom. The molecule has 0 unspecified atom stereocenters. The topological polar surface area (TPSA) is 63.4 Å². The SMILES string of the molecule is Cc1cccc(S(=O)(=O)N(C)CC(C)(C)CN)c1F.Cl. The van der Waals surface area contributed by atoms with Crippen LogP contribution in [-0.4, -0.2) is 32.9 Å². The van der Waals surface area contributed by atoms with Crippen molar-refractivity contribution >= 4 is 22.4 Å². The van der Waals surface area contributed by atoms with E-state index in [1.54, 1.807) is 0 Å². The van der Waals surface area contributed by atoms with Gasteiger partial charge in [0.2, 0.25) is 10.0 Å². The quantitative estimate of drug-likeness (QED) is 0.902. The van der Waals surface area contributed by atoms with Crippen molar-refractivity contribution in [2.75, 3.05) is 20.1 Å². The Morgan fingerprint density at radius 1 is 1.35 bits per heavy atom. The van der Waals surface area contributed by atoms with Crippen molar-refractivity contribution in [3.8, 4) is 0 Å². The fraction of sp³-hybridized carbons (Fsp3) is 0.538. The van der Waals surface area contributed by atoms with Gasteiger partial charge in [-0.1, -0.05) is 26.0 Å². The number of nitrogens with zero attached hydrogens (tertiary/aromatic N) is 1. The average molecular weight is 325 g/mol. The van der Waals surface area contributed by atoms with Gasteiger partial charge in [0.25, 0.3) is 0 Å². The second-order valence-corrected chi connectivity index (χ2v) is 7.53. The maximum atomic E-state index is 13.9.